The predicted molar refractivity (Wildman–Crippen MR) is 65.2 cm³/mol. The third-order valence-electron chi connectivity index (χ3n) is 3.08. The van der Waals surface area contributed by atoms with Crippen LogP contribution in [0, 0.1) is 0 Å². The summed E-state index contributed by atoms with van der Waals surface area (Å²) in [6, 6.07) is 8.07. The summed E-state index contributed by atoms with van der Waals surface area (Å²) in [6.07, 6.45) is 1.47. The lowest BCUT2D eigenvalue weighted by molar-refractivity contribution is 0.575. The zero-order valence-corrected chi connectivity index (χ0v) is 10.0. The molecule has 0 aliphatic heterocycles. The van der Waals surface area contributed by atoms with Gasteiger partial charge < -0.3 is 5.73 Å². The smallest absolute Gasteiger partial charge is 0.150 e. The second kappa shape index (κ2) is 4.55. The van der Waals surface area contributed by atoms with Crippen LogP contribution in [0.4, 0.5) is 0 Å². The van der Waals surface area contributed by atoms with E-state index in [0.29, 0.717) is 13.0 Å². The summed E-state index contributed by atoms with van der Waals surface area (Å²) in [7, 11) is -2.93. The maximum Gasteiger partial charge on any atom is 0.150 e. The van der Waals surface area contributed by atoms with Crippen molar-refractivity contribution in [3.63, 3.8) is 0 Å². The van der Waals surface area contributed by atoms with E-state index in [1.165, 1.54) is 11.1 Å². The summed E-state index contributed by atoms with van der Waals surface area (Å²) in [4.78, 5) is 0. The first-order valence-corrected chi connectivity index (χ1v) is 7.43. The van der Waals surface area contributed by atoms with Gasteiger partial charge in [-0.15, -0.1) is 0 Å². The Balaban J connectivity index is 1.99. The van der Waals surface area contributed by atoms with Crippen molar-refractivity contribution in [2.45, 2.75) is 18.8 Å². The Morgan fingerprint density at radius 2 is 2.06 bits per heavy atom. The Kier molecular flexibility index (Phi) is 3.30. The number of nitrogens with two attached hydrogens (primary N) is 1. The van der Waals surface area contributed by atoms with Crippen LogP contribution in [0.5, 0.6) is 0 Å². The van der Waals surface area contributed by atoms with Crippen molar-refractivity contribution in [2.75, 3.05) is 18.1 Å². The van der Waals surface area contributed by atoms with Gasteiger partial charge >= 0.3 is 0 Å². The molecule has 1 aromatic carbocycles. The number of rotatable bonds is 5. The summed E-state index contributed by atoms with van der Waals surface area (Å²) in [5.74, 6) is 0.714. The number of fused-ring (bicyclic) bond motifs is 1. The lowest BCUT2D eigenvalue weighted by atomic mass is 9.79. The van der Waals surface area contributed by atoms with E-state index in [1.807, 2.05) is 18.2 Å². The molecule has 0 radical (unpaired) electrons. The molecule has 0 bridgehead atoms. The molecule has 0 saturated heterocycles. The molecule has 0 aromatic heterocycles. The molecule has 2 rings (SSSR count). The van der Waals surface area contributed by atoms with Crippen LogP contribution in [0.3, 0.4) is 0 Å². The molecule has 1 atom stereocenters. The van der Waals surface area contributed by atoms with Crippen LogP contribution in [0.25, 0.3) is 0 Å². The molecule has 0 amide bonds. The molecule has 88 valence electrons. The topological polar surface area (TPSA) is 60.2 Å². The number of hydrogen-bond donors (Lipinski definition) is 1. The summed E-state index contributed by atoms with van der Waals surface area (Å²) in [6.45, 7) is 0.445. The summed E-state index contributed by atoms with van der Waals surface area (Å²) < 4.78 is 23.5. The molecule has 4 heteroatoms. The Morgan fingerprint density at radius 3 is 2.75 bits per heavy atom. The largest absolute Gasteiger partial charge is 0.330 e. The van der Waals surface area contributed by atoms with Crippen LogP contribution < -0.4 is 5.73 Å². The Morgan fingerprint density at radius 1 is 1.31 bits per heavy atom. The molecule has 1 aliphatic rings. The normalized spacial score (nSPS) is 18.9. The second-order valence-electron chi connectivity index (χ2n) is 4.36. The van der Waals surface area contributed by atoms with Gasteiger partial charge in [-0.1, -0.05) is 24.3 Å². The van der Waals surface area contributed by atoms with Gasteiger partial charge in [0.25, 0.3) is 0 Å². The molecule has 0 fully saturated rings. The number of benzene rings is 1. The Bertz CT molecular complexity index is 468. The van der Waals surface area contributed by atoms with Gasteiger partial charge in [-0.05, 0) is 30.5 Å². The molecule has 0 spiro atoms. The fourth-order valence-electron chi connectivity index (χ4n) is 2.20. The lowest BCUT2D eigenvalue weighted by Gasteiger charge is -2.29. The lowest BCUT2D eigenvalue weighted by Crippen LogP contribution is -2.26. The second-order valence-corrected chi connectivity index (χ2v) is 6.59. The average molecular weight is 239 g/mol. The fraction of sp³-hybridized carbons (Fsp3) is 0.500. The SMILES string of the molecule is NCCCS(=O)(=O)CC1Cc2ccccc21. The van der Waals surface area contributed by atoms with E-state index in [0.717, 1.165) is 6.42 Å². The highest BCUT2D eigenvalue weighted by Crippen LogP contribution is 2.35. The minimum absolute atomic E-state index is 0.207. The minimum Gasteiger partial charge on any atom is -0.330 e. The summed E-state index contributed by atoms with van der Waals surface area (Å²) in [5.41, 5.74) is 7.83. The van der Waals surface area contributed by atoms with Crippen molar-refractivity contribution in [3.05, 3.63) is 35.4 Å². The van der Waals surface area contributed by atoms with Crippen LogP contribution in [-0.4, -0.2) is 26.5 Å². The zero-order chi connectivity index (χ0) is 11.6. The van der Waals surface area contributed by atoms with Gasteiger partial charge in [0.05, 0.1) is 11.5 Å². The van der Waals surface area contributed by atoms with E-state index in [1.54, 1.807) is 0 Å². The third kappa shape index (κ3) is 2.44. The molecule has 1 unspecified atom stereocenters. The first-order valence-electron chi connectivity index (χ1n) is 5.61. The molecule has 0 heterocycles. The van der Waals surface area contributed by atoms with Gasteiger partial charge in [0.1, 0.15) is 0 Å². The summed E-state index contributed by atoms with van der Waals surface area (Å²) in [5, 5.41) is 0. The van der Waals surface area contributed by atoms with Crippen LogP contribution >= 0.6 is 0 Å². The third-order valence-corrected chi connectivity index (χ3v) is 4.90. The van der Waals surface area contributed by atoms with Crippen molar-refractivity contribution in [1.82, 2.24) is 0 Å². The summed E-state index contributed by atoms with van der Waals surface area (Å²) >= 11 is 0. The van der Waals surface area contributed by atoms with Gasteiger partial charge in [0.15, 0.2) is 9.84 Å². The first-order chi connectivity index (χ1) is 7.62. The van der Waals surface area contributed by atoms with Gasteiger partial charge in [-0.3, -0.25) is 0 Å². The van der Waals surface area contributed by atoms with Gasteiger partial charge in [-0.25, -0.2) is 8.42 Å². The number of sulfone groups is 1. The minimum atomic E-state index is -2.93. The zero-order valence-electron chi connectivity index (χ0n) is 9.22. The van der Waals surface area contributed by atoms with Crippen molar-refractivity contribution in [3.8, 4) is 0 Å². The van der Waals surface area contributed by atoms with E-state index in [9.17, 15) is 8.42 Å². The quantitative estimate of drug-likeness (QED) is 0.836. The monoisotopic (exact) mass is 239 g/mol. The van der Waals surface area contributed by atoms with E-state index in [-0.39, 0.29) is 17.4 Å². The Labute approximate surface area is 96.6 Å². The molecule has 2 N–H and O–H groups in total. The number of hydrogen-bond acceptors (Lipinski definition) is 3. The van der Waals surface area contributed by atoms with E-state index in [2.05, 4.69) is 6.07 Å². The van der Waals surface area contributed by atoms with Crippen LogP contribution in [-0.2, 0) is 16.3 Å². The van der Waals surface area contributed by atoms with Gasteiger partial charge in [-0.2, -0.15) is 0 Å². The van der Waals surface area contributed by atoms with Crippen LogP contribution in [0.15, 0.2) is 24.3 Å². The fourth-order valence-corrected chi connectivity index (χ4v) is 3.89. The molecule has 3 nitrogen and oxygen atoms in total. The highest BCUT2D eigenvalue weighted by atomic mass is 32.2. The van der Waals surface area contributed by atoms with E-state index in [4.69, 9.17) is 5.73 Å². The van der Waals surface area contributed by atoms with Crippen molar-refractivity contribution < 1.29 is 8.42 Å². The predicted octanol–water partition coefficient (Wildman–Crippen LogP) is 1.09. The van der Waals surface area contributed by atoms with Crippen molar-refractivity contribution in [2.24, 2.45) is 5.73 Å². The molecule has 1 aromatic rings. The standard InChI is InChI=1S/C12H17NO2S/c13-6-3-7-16(14,15)9-11-8-10-4-1-2-5-12(10)11/h1-2,4-5,11H,3,6-9,13H2. The van der Waals surface area contributed by atoms with Gasteiger partial charge in [0.2, 0.25) is 0 Å². The maximum absolute atomic E-state index is 11.7. The van der Waals surface area contributed by atoms with E-state index >= 15 is 0 Å². The van der Waals surface area contributed by atoms with Crippen molar-refractivity contribution in [1.29, 1.82) is 0 Å². The highest BCUT2D eigenvalue weighted by molar-refractivity contribution is 7.91. The molecular weight excluding hydrogens is 222 g/mol. The van der Waals surface area contributed by atoms with Crippen LogP contribution in [0.2, 0.25) is 0 Å². The highest BCUT2D eigenvalue weighted by Gasteiger charge is 2.29. The molecule has 0 saturated carbocycles. The average Bonchev–Trinajstić information content (AvgIpc) is 2.23. The molecule has 16 heavy (non-hydrogen) atoms. The van der Waals surface area contributed by atoms with Gasteiger partial charge in [0, 0.05) is 5.92 Å². The Hall–Kier alpha value is -0.870. The first kappa shape index (κ1) is 11.6. The van der Waals surface area contributed by atoms with E-state index < -0.39 is 9.84 Å². The molecule has 1 aliphatic carbocycles. The van der Waals surface area contributed by atoms with Crippen molar-refractivity contribution >= 4 is 9.84 Å². The maximum atomic E-state index is 11.7. The van der Waals surface area contributed by atoms with Crippen LogP contribution in [0.1, 0.15) is 23.5 Å². The molecular formula is C12H17NO2S.